The van der Waals surface area contributed by atoms with E-state index in [0.29, 0.717) is 29.1 Å². The second kappa shape index (κ2) is 12.0. The highest BCUT2D eigenvalue weighted by atomic mass is 32.2. The van der Waals surface area contributed by atoms with Crippen molar-refractivity contribution in [3.05, 3.63) is 94.1 Å². The lowest BCUT2D eigenvalue weighted by Crippen LogP contribution is -2.09. The van der Waals surface area contributed by atoms with E-state index in [9.17, 15) is 19.7 Å². The zero-order valence-corrected chi connectivity index (χ0v) is 22.6. The number of nitrogens with zero attached hydrogens (tertiary/aromatic N) is 3. The fourth-order valence-corrected chi connectivity index (χ4v) is 5.14. The first-order valence-corrected chi connectivity index (χ1v) is 13.2. The highest BCUT2D eigenvalue weighted by Crippen LogP contribution is 2.34. The van der Waals surface area contributed by atoms with Gasteiger partial charge in [-0.1, -0.05) is 36.0 Å². The van der Waals surface area contributed by atoms with Crippen LogP contribution in [0.5, 0.6) is 0 Å². The smallest absolute Gasteiger partial charge is 0.333 e. The van der Waals surface area contributed by atoms with Gasteiger partial charge in [0.15, 0.2) is 0 Å². The monoisotopic (exact) mass is 545 g/mol. The van der Waals surface area contributed by atoms with E-state index >= 15 is 0 Å². The minimum atomic E-state index is -0.566. The first kappa shape index (κ1) is 27.6. The standard InChI is InChI=1S/C29H27N3O6S/c1-5-31-25-12-10-20(16-23(25)24-17-21(32(35)36)11-13-26(24)31)28(30-38-19(4)33)22-8-6-7-9-27(22)39-15-14-37-29(34)18(2)3/h6-13,16-17H,2,5,14-15H2,1,3-4H3. The summed E-state index contributed by atoms with van der Waals surface area (Å²) < 4.78 is 7.30. The Morgan fingerprint density at radius 3 is 2.41 bits per heavy atom. The number of rotatable bonds is 10. The maximum absolute atomic E-state index is 11.7. The molecule has 0 unspecified atom stereocenters. The highest BCUT2D eigenvalue weighted by molar-refractivity contribution is 7.99. The summed E-state index contributed by atoms with van der Waals surface area (Å²) >= 11 is 1.47. The Labute approximate surface area is 229 Å². The molecule has 0 atom stereocenters. The molecule has 1 heterocycles. The molecule has 4 aromatic rings. The molecule has 0 saturated carbocycles. The lowest BCUT2D eigenvalue weighted by molar-refractivity contribution is -0.384. The van der Waals surface area contributed by atoms with Crippen LogP contribution < -0.4 is 0 Å². The molecular formula is C29H27N3O6S. The zero-order chi connectivity index (χ0) is 28.1. The summed E-state index contributed by atoms with van der Waals surface area (Å²) in [5.74, 6) is -0.520. The number of nitro benzene ring substituents is 1. The minimum absolute atomic E-state index is 0.00551. The number of aryl methyl sites for hydroxylation is 1. The van der Waals surface area contributed by atoms with Gasteiger partial charge in [-0.25, -0.2) is 9.59 Å². The van der Waals surface area contributed by atoms with Crippen molar-refractivity contribution < 1.29 is 24.1 Å². The van der Waals surface area contributed by atoms with E-state index in [4.69, 9.17) is 9.57 Å². The van der Waals surface area contributed by atoms with Crippen molar-refractivity contribution in [2.75, 3.05) is 12.4 Å². The van der Waals surface area contributed by atoms with Gasteiger partial charge >= 0.3 is 11.9 Å². The zero-order valence-electron chi connectivity index (χ0n) is 21.8. The van der Waals surface area contributed by atoms with Gasteiger partial charge in [0, 0.05) is 74.8 Å². The molecule has 3 aromatic carbocycles. The molecule has 0 N–H and O–H groups in total. The number of aromatic nitrogens is 1. The Morgan fingerprint density at radius 1 is 1.05 bits per heavy atom. The van der Waals surface area contributed by atoms with Crippen LogP contribution in [0.4, 0.5) is 5.69 Å². The number of thioether (sulfide) groups is 1. The molecule has 10 heteroatoms. The van der Waals surface area contributed by atoms with E-state index < -0.39 is 16.9 Å². The maximum atomic E-state index is 11.7. The normalized spacial score (nSPS) is 11.5. The van der Waals surface area contributed by atoms with E-state index in [0.717, 1.165) is 32.3 Å². The number of fused-ring (bicyclic) bond motifs is 3. The van der Waals surface area contributed by atoms with E-state index in [-0.39, 0.29) is 12.3 Å². The van der Waals surface area contributed by atoms with Crippen LogP contribution >= 0.6 is 11.8 Å². The van der Waals surface area contributed by atoms with Crippen LogP contribution in [0.3, 0.4) is 0 Å². The van der Waals surface area contributed by atoms with Gasteiger partial charge < -0.3 is 14.1 Å². The van der Waals surface area contributed by atoms with Gasteiger partial charge in [0.25, 0.3) is 5.69 Å². The lowest BCUT2D eigenvalue weighted by atomic mass is 10.00. The third-order valence-electron chi connectivity index (χ3n) is 5.98. The molecule has 0 spiro atoms. The van der Waals surface area contributed by atoms with Gasteiger partial charge in [-0.3, -0.25) is 10.1 Å². The number of hydrogen-bond acceptors (Lipinski definition) is 8. The number of ether oxygens (including phenoxy) is 1. The Balaban J connectivity index is 1.79. The molecule has 200 valence electrons. The SMILES string of the molecule is C=C(C)C(=O)OCCSc1ccccc1C(=NOC(C)=O)c1ccc2c(c1)c1cc([N+](=O)[O-])ccc1n2CC. The Morgan fingerprint density at radius 2 is 1.74 bits per heavy atom. The van der Waals surface area contributed by atoms with Crippen molar-refractivity contribution in [3.63, 3.8) is 0 Å². The van der Waals surface area contributed by atoms with E-state index in [2.05, 4.69) is 16.3 Å². The van der Waals surface area contributed by atoms with Crippen LogP contribution in [-0.4, -0.2) is 39.5 Å². The van der Waals surface area contributed by atoms with Crippen molar-refractivity contribution in [1.82, 2.24) is 4.57 Å². The average Bonchev–Trinajstić information content (AvgIpc) is 3.23. The van der Waals surface area contributed by atoms with Gasteiger partial charge in [-0.05, 0) is 38.1 Å². The Bertz CT molecular complexity index is 1640. The summed E-state index contributed by atoms with van der Waals surface area (Å²) in [4.78, 5) is 40.4. The summed E-state index contributed by atoms with van der Waals surface area (Å²) in [5, 5.41) is 17.3. The molecule has 1 aromatic heterocycles. The van der Waals surface area contributed by atoms with Gasteiger partial charge in [0.2, 0.25) is 0 Å². The van der Waals surface area contributed by atoms with Crippen molar-refractivity contribution in [2.24, 2.45) is 5.16 Å². The largest absolute Gasteiger partial charge is 0.461 e. The molecule has 4 rings (SSSR count). The van der Waals surface area contributed by atoms with Gasteiger partial charge in [0.05, 0.1) is 4.92 Å². The Kier molecular flexibility index (Phi) is 8.46. The summed E-state index contributed by atoms with van der Waals surface area (Å²) in [7, 11) is 0. The molecule has 0 aliphatic heterocycles. The molecule has 0 aliphatic carbocycles. The number of carbonyl (C=O) groups is 2. The molecule has 0 radical (unpaired) electrons. The topological polar surface area (TPSA) is 113 Å². The second-order valence-corrected chi connectivity index (χ2v) is 9.86. The highest BCUT2D eigenvalue weighted by Gasteiger charge is 2.19. The number of esters is 1. The third kappa shape index (κ3) is 6.01. The number of benzene rings is 3. The number of carbonyl (C=O) groups excluding carboxylic acids is 2. The number of oxime groups is 1. The maximum Gasteiger partial charge on any atom is 0.333 e. The fraction of sp³-hybridized carbons (Fsp3) is 0.207. The minimum Gasteiger partial charge on any atom is -0.461 e. The molecule has 0 fully saturated rings. The predicted molar refractivity (Wildman–Crippen MR) is 152 cm³/mol. The van der Waals surface area contributed by atoms with E-state index in [1.54, 1.807) is 19.1 Å². The van der Waals surface area contributed by atoms with Crippen LogP contribution in [0.15, 0.2) is 82.9 Å². The van der Waals surface area contributed by atoms with Crippen molar-refractivity contribution in [3.8, 4) is 0 Å². The molecule has 0 aliphatic rings. The predicted octanol–water partition coefficient (Wildman–Crippen LogP) is 6.25. The average molecular weight is 546 g/mol. The summed E-state index contributed by atoms with van der Waals surface area (Å²) in [6.45, 7) is 9.35. The van der Waals surface area contributed by atoms with Crippen LogP contribution in [0, 0.1) is 10.1 Å². The first-order chi connectivity index (χ1) is 18.7. The van der Waals surface area contributed by atoms with Crippen LogP contribution in [0.2, 0.25) is 0 Å². The fourth-order valence-electron chi connectivity index (χ4n) is 4.26. The van der Waals surface area contributed by atoms with Gasteiger partial charge in [-0.15, -0.1) is 11.8 Å². The van der Waals surface area contributed by atoms with Crippen molar-refractivity contribution in [1.29, 1.82) is 0 Å². The lowest BCUT2D eigenvalue weighted by Gasteiger charge is -2.12. The number of nitro groups is 1. The van der Waals surface area contributed by atoms with Crippen LogP contribution in [-0.2, 0) is 25.7 Å². The molecule has 0 bridgehead atoms. The third-order valence-corrected chi connectivity index (χ3v) is 7.02. The van der Waals surface area contributed by atoms with Gasteiger partial charge in [0.1, 0.15) is 12.3 Å². The van der Waals surface area contributed by atoms with Gasteiger partial charge in [-0.2, -0.15) is 0 Å². The molecule has 0 amide bonds. The second-order valence-electron chi connectivity index (χ2n) is 8.72. The molecule has 0 saturated heterocycles. The van der Waals surface area contributed by atoms with E-state index in [1.807, 2.05) is 49.4 Å². The number of hydrogen-bond donors (Lipinski definition) is 0. The van der Waals surface area contributed by atoms with E-state index in [1.165, 1.54) is 24.8 Å². The molecule has 39 heavy (non-hydrogen) atoms. The molecule has 9 nitrogen and oxygen atoms in total. The number of non-ortho nitro benzene ring substituents is 1. The first-order valence-electron chi connectivity index (χ1n) is 12.2. The van der Waals surface area contributed by atoms with Crippen LogP contribution in [0.1, 0.15) is 31.9 Å². The van der Waals surface area contributed by atoms with Crippen LogP contribution in [0.25, 0.3) is 21.8 Å². The summed E-state index contributed by atoms with van der Waals surface area (Å²) in [6.07, 6.45) is 0. The summed E-state index contributed by atoms with van der Waals surface area (Å²) in [6, 6.07) is 18.1. The van der Waals surface area contributed by atoms with Crippen molar-refractivity contribution in [2.45, 2.75) is 32.2 Å². The quantitative estimate of drug-likeness (QED) is 0.0338. The summed E-state index contributed by atoms with van der Waals surface area (Å²) in [5.41, 5.74) is 3.97. The Hall–Kier alpha value is -4.44. The molecular weight excluding hydrogens is 518 g/mol. The van der Waals surface area contributed by atoms with Crippen molar-refractivity contribution >= 4 is 56.9 Å².